The van der Waals surface area contributed by atoms with Gasteiger partial charge in [-0.25, -0.2) is 0 Å². The number of aliphatic hydroxyl groups is 5. The number of aromatic amines is 1. The molecule has 0 radical (unpaired) electrons. The lowest BCUT2D eigenvalue weighted by molar-refractivity contribution is -0.194. The van der Waals surface area contributed by atoms with Crippen LogP contribution in [0.1, 0.15) is 134 Å². The number of nitrogens with two attached hydrogens (primary N) is 2. The van der Waals surface area contributed by atoms with Gasteiger partial charge in [-0.3, -0.25) is 19.4 Å². The molecule has 12 N–H and O–H groups in total. The van der Waals surface area contributed by atoms with E-state index in [4.69, 9.17) is 16.2 Å². The standard InChI is InChI=1S/C65H87N5O10S2/c1-33-8-9-36-24-37-12-15-44-43(46-30-80-60(77)52(46)39-17-20-68-28-39)7-5-6-38-26-65(79)55-48(16-18-64(65,19-21-69-61(66)67)59(38)63(4,78)50(74)23-34(2)51(37)53(44)45(36)22-33)62(3)27-49(73)57(75)47-32-82-81-31-40(35-10-13-41(71)14-11-35)25-42(72)29-70-56(55)58(76)54(47)62/h10-11,13-14,17,20,24,28,33-34,37-38,40,43-54,57,59,68,70-71,73-75,78-79H,6,8-9,12,15-16,18-19,21-23,25-27,29-32H2,1-4H3,(H4,66,67,69). The summed E-state index contributed by atoms with van der Waals surface area (Å²) < 4.78 is 6.06. The third-order valence-electron chi connectivity index (χ3n) is 23.5. The van der Waals surface area contributed by atoms with Crippen molar-refractivity contribution in [3.05, 3.63) is 76.8 Å². The summed E-state index contributed by atoms with van der Waals surface area (Å²) in [7, 11) is 3.09. The molecule has 5 saturated carbocycles. The first kappa shape index (κ1) is 58.1. The van der Waals surface area contributed by atoms with Gasteiger partial charge in [-0.1, -0.05) is 72.1 Å². The normalized spacial score (nSPS) is 45.6. The summed E-state index contributed by atoms with van der Waals surface area (Å²) >= 11 is 0. The molecular weight excluding hydrogens is 1070 g/mol. The molecule has 3 heterocycles. The van der Waals surface area contributed by atoms with Gasteiger partial charge in [0.05, 0.1) is 54.3 Å². The van der Waals surface area contributed by atoms with Gasteiger partial charge in [0.25, 0.3) is 0 Å². The van der Waals surface area contributed by atoms with Gasteiger partial charge in [0, 0.05) is 84.2 Å². The average molecular weight is 1160 g/mol. The Morgan fingerprint density at radius 3 is 2.45 bits per heavy atom. The zero-order valence-corrected chi connectivity index (χ0v) is 49.7. The highest BCUT2D eigenvalue weighted by Crippen LogP contribution is 2.73. The van der Waals surface area contributed by atoms with Crippen molar-refractivity contribution >= 4 is 45.1 Å². The number of carbonyl (C=O) groups excluding carboxylic acids is 3. The first-order valence-corrected chi connectivity index (χ1v) is 33.3. The molecule has 6 bridgehead atoms. The number of nitrogens with one attached hydrogen (secondary N) is 2. The summed E-state index contributed by atoms with van der Waals surface area (Å²) in [5.41, 5.74) is 10.2. The van der Waals surface area contributed by atoms with Crippen molar-refractivity contribution in [2.45, 2.75) is 153 Å². The number of cyclic esters (lactones) is 1. The Kier molecular flexibility index (Phi) is 15.7. The molecule has 23 atom stereocenters. The number of ketones is 2. The van der Waals surface area contributed by atoms with Crippen LogP contribution in [0.5, 0.6) is 5.75 Å². The lowest BCUT2D eigenvalue weighted by Gasteiger charge is -2.63. The van der Waals surface area contributed by atoms with Gasteiger partial charge in [-0.15, -0.1) is 5.92 Å². The number of guanidine groups is 1. The molecule has 12 rings (SSSR count). The van der Waals surface area contributed by atoms with E-state index in [1.165, 1.54) is 10.8 Å². The second kappa shape index (κ2) is 22.2. The summed E-state index contributed by atoms with van der Waals surface area (Å²) in [6.07, 6.45) is 9.75. The molecule has 1 aromatic heterocycles. The third kappa shape index (κ3) is 9.61. The predicted molar refractivity (Wildman–Crippen MR) is 316 cm³/mol. The van der Waals surface area contributed by atoms with E-state index in [-0.39, 0.29) is 134 Å². The minimum Gasteiger partial charge on any atom is -0.508 e. The van der Waals surface area contributed by atoms with Gasteiger partial charge in [0.15, 0.2) is 17.5 Å². The van der Waals surface area contributed by atoms with Crippen molar-refractivity contribution in [1.29, 1.82) is 0 Å². The number of Topliss-reactive ketones (excluding diaryl/α,β-unsaturated/α-hetero) is 2. The zero-order chi connectivity index (χ0) is 57.8. The Bertz CT molecular complexity index is 2930. The van der Waals surface area contributed by atoms with Crippen molar-refractivity contribution in [3.63, 3.8) is 0 Å². The van der Waals surface area contributed by atoms with Crippen molar-refractivity contribution in [2.75, 3.05) is 31.2 Å². The number of aromatic hydroxyl groups is 1. The van der Waals surface area contributed by atoms with Crippen LogP contribution in [0.4, 0.5) is 0 Å². The van der Waals surface area contributed by atoms with Gasteiger partial charge in [0.1, 0.15) is 5.75 Å². The highest BCUT2D eigenvalue weighted by Gasteiger charge is 2.75. The number of phenolic OH excluding ortho intramolecular Hbond substituents is 1. The van der Waals surface area contributed by atoms with Crippen molar-refractivity contribution in [1.82, 2.24) is 10.3 Å². The number of ether oxygens (including phenoxy) is 1. The molecule has 444 valence electrons. The summed E-state index contributed by atoms with van der Waals surface area (Å²) in [6.45, 7) is 8.51. The molecule has 0 amide bonds. The molecule has 82 heavy (non-hydrogen) atoms. The molecule has 2 saturated heterocycles. The van der Waals surface area contributed by atoms with Crippen LogP contribution in [0, 0.1) is 106 Å². The molecule has 7 fully saturated rings. The number of benzene rings is 1. The smallest absolute Gasteiger partial charge is 0.313 e. The number of esters is 1. The maximum absolute atomic E-state index is 16.1. The summed E-state index contributed by atoms with van der Waals surface area (Å²) in [5.74, 6) is 5.06. The first-order valence-electron chi connectivity index (χ1n) is 30.8. The van der Waals surface area contributed by atoms with E-state index in [1.54, 1.807) is 35.4 Å². The molecule has 10 aliphatic rings. The van der Waals surface area contributed by atoms with Gasteiger partial charge >= 0.3 is 5.97 Å². The molecule has 23 unspecified atom stereocenters. The van der Waals surface area contributed by atoms with E-state index in [0.29, 0.717) is 48.2 Å². The molecule has 15 nitrogen and oxygen atoms in total. The van der Waals surface area contributed by atoms with E-state index >= 15 is 4.79 Å². The number of H-pyrrole nitrogens is 1. The molecule has 0 spiro atoms. The average Bonchev–Trinajstić information content (AvgIpc) is 1.37. The van der Waals surface area contributed by atoms with E-state index in [2.05, 4.69) is 47.1 Å². The van der Waals surface area contributed by atoms with Gasteiger partial charge in [-0.2, -0.15) is 0 Å². The number of nitrogens with zero attached hydrogens (tertiary/aromatic N) is 1. The van der Waals surface area contributed by atoms with Crippen LogP contribution in [0.15, 0.2) is 70.6 Å². The molecule has 8 aliphatic carbocycles. The Morgan fingerprint density at radius 1 is 0.915 bits per heavy atom. The van der Waals surface area contributed by atoms with Crippen LogP contribution in [-0.2, 0) is 19.1 Å². The van der Waals surface area contributed by atoms with Gasteiger partial charge in [0.2, 0.25) is 0 Å². The van der Waals surface area contributed by atoms with Crippen LogP contribution in [-0.4, -0.2) is 120 Å². The lowest BCUT2D eigenvalue weighted by atomic mass is 9.43. The lowest BCUT2D eigenvalue weighted by Crippen LogP contribution is -2.67. The van der Waals surface area contributed by atoms with Crippen LogP contribution >= 0.6 is 21.6 Å². The second-order valence-electron chi connectivity index (χ2n) is 27.8. The van der Waals surface area contributed by atoms with Gasteiger partial charge in [-0.05, 0) is 171 Å². The number of aliphatic imine (C=N–C) groups is 1. The highest BCUT2D eigenvalue weighted by atomic mass is 33.1. The summed E-state index contributed by atoms with van der Waals surface area (Å²) in [4.78, 5) is 52.3. The molecule has 1 aromatic carbocycles. The minimum absolute atomic E-state index is 0.0381. The number of allylic oxidation sites excluding steroid dienone is 3. The number of aliphatic hydroxyl groups excluding tert-OH is 3. The molecule has 17 heteroatoms. The fourth-order valence-corrected chi connectivity index (χ4v) is 22.9. The maximum atomic E-state index is 16.1. The Morgan fingerprint density at radius 2 is 1.70 bits per heavy atom. The minimum atomic E-state index is -1.87. The Hall–Kier alpha value is -4.28. The molecule has 2 aliphatic heterocycles. The fourth-order valence-electron chi connectivity index (χ4n) is 20.2. The van der Waals surface area contributed by atoms with E-state index in [9.17, 15) is 40.2 Å². The number of hydrogen-bond donors (Lipinski definition) is 10. The Labute approximate surface area is 490 Å². The summed E-state index contributed by atoms with van der Waals surface area (Å²) in [6, 6.07) is 8.84. The quantitative estimate of drug-likeness (QED) is 0.0344. The zero-order valence-electron chi connectivity index (χ0n) is 48.1. The van der Waals surface area contributed by atoms with Gasteiger partial charge < -0.3 is 57.1 Å². The number of phenols is 1. The Balaban J connectivity index is 1.02. The number of carbonyl (C=O) groups is 3. The van der Waals surface area contributed by atoms with Crippen LogP contribution in [0.25, 0.3) is 0 Å². The van der Waals surface area contributed by atoms with Crippen LogP contribution < -0.4 is 16.8 Å². The van der Waals surface area contributed by atoms with E-state index in [0.717, 1.165) is 43.2 Å². The van der Waals surface area contributed by atoms with Crippen LogP contribution in [0.3, 0.4) is 0 Å². The van der Waals surface area contributed by atoms with Crippen LogP contribution in [0.2, 0.25) is 0 Å². The fraction of sp³-hybridized carbons (Fsp3) is 0.692. The number of hydrogen-bond acceptors (Lipinski definition) is 14. The molecular formula is C65H87N5O10S2. The predicted octanol–water partition coefficient (Wildman–Crippen LogP) is 7.13. The van der Waals surface area contributed by atoms with Crippen molar-refractivity contribution in [3.8, 4) is 17.6 Å². The van der Waals surface area contributed by atoms with Crippen molar-refractivity contribution in [2.24, 2.45) is 110 Å². The molecule has 2 aromatic rings. The van der Waals surface area contributed by atoms with E-state index < -0.39 is 75.9 Å². The number of rotatable bonds is 6. The second-order valence-corrected chi connectivity index (χ2v) is 30.4. The number of aromatic nitrogens is 1. The largest absolute Gasteiger partial charge is 0.508 e. The van der Waals surface area contributed by atoms with E-state index in [1.807, 2.05) is 37.5 Å². The topological polar surface area (TPSA) is 274 Å². The monoisotopic (exact) mass is 1160 g/mol. The third-order valence-corrected chi connectivity index (χ3v) is 26.1. The first-order chi connectivity index (χ1) is 39.2. The SMILES string of the molecule is CC1CCC2=CC3CCC4C(C5COC(=O)C5c5cc[nH]c5)C#CCC5CC6(O)C7=C8NCC(=O)CC(c9ccc(O)cc9)CSSCC9C(O)C(O)CC(C)(C7CCC6(CCN=C(N)N)C5C(C)(O)C(O)CC(C)C3C4C2C1)C9C8=O. The highest BCUT2D eigenvalue weighted by molar-refractivity contribution is 8.76. The number of fused-ring (bicyclic) bond motifs is 8. The maximum Gasteiger partial charge on any atom is 0.313 e. The summed E-state index contributed by atoms with van der Waals surface area (Å²) in [5, 5.41) is 79.4. The van der Waals surface area contributed by atoms with Crippen molar-refractivity contribution < 1.29 is 49.8 Å².